The Morgan fingerprint density at radius 2 is 0.478 bits per heavy atom. The Hall–Kier alpha value is -2.37. The number of carbonyl (C=O) groups is 3. The van der Waals surface area contributed by atoms with Gasteiger partial charge in [-0.05, 0) is 96.3 Å². The predicted octanol–water partition coefficient (Wildman–Crippen LogP) is 20.4. The quantitative estimate of drug-likeness (QED) is 0.0261. The van der Waals surface area contributed by atoms with Gasteiger partial charge in [0.25, 0.3) is 0 Å². The van der Waals surface area contributed by atoms with Gasteiger partial charge in [-0.1, -0.05) is 250 Å². The standard InChI is InChI=1S/C63H116O6/c1-4-7-10-13-16-19-22-25-27-29-31-33-35-38-40-43-46-49-52-55-61(64)67-58-60(69-63(66)57-54-51-48-45-42-37-24-21-18-15-12-9-6-3)59-68-62(65)56-53-50-47-44-41-39-36-34-32-30-28-26-23-20-17-14-11-8-5-2/h21,24-28,60H,4-20,22-23,29-59H2,1-3H3/b24-21-,27-25-,28-26-. The van der Waals surface area contributed by atoms with Crippen molar-refractivity contribution in [2.24, 2.45) is 0 Å². The highest BCUT2D eigenvalue weighted by Gasteiger charge is 2.19. The zero-order valence-corrected chi connectivity index (χ0v) is 46.3. The van der Waals surface area contributed by atoms with E-state index < -0.39 is 6.10 Å². The molecule has 0 aromatic rings. The van der Waals surface area contributed by atoms with Gasteiger partial charge in [0, 0.05) is 19.3 Å². The summed E-state index contributed by atoms with van der Waals surface area (Å²) in [7, 11) is 0. The Morgan fingerprint density at radius 1 is 0.275 bits per heavy atom. The first-order valence-electron chi connectivity index (χ1n) is 30.5. The third kappa shape index (κ3) is 56.4. The second kappa shape index (κ2) is 58.2. The molecular weight excluding hydrogens is 853 g/mol. The summed E-state index contributed by atoms with van der Waals surface area (Å²) in [6.45, 7) is 6.65. The van der Waals surface area contributed by atoms with Crippen LogP contribution >= 0.6 is 0 Å². The van der Waals surface area contributed by atoms with Crippen LogP contribution in [0.2, 0.25) is 0 Å². The Morgan fingerprint density at radius 3 is 0.739 bits per heavy atom. The lowest BCUT2D eigenvalue weighted by molar-refractivity contribution is -0.167. The van der Waals surface area contributed by atoms with Gasteiger partial charge in [0.15, 0.2) is 6.10 Å². The van der Waals surface area contributed by atoms with Gasteiger partial charge in [-0.15, -0.1) is 0 Å². The molecule has 0 aliphatic carbocycles. The molecule has 0 aliphatic heterocycles. The van der Waals surface area contributed by atoms with Crippen molar-refractivity contribution in [1.29, 1.82) is 0 Å². The summed E-state index contributed by atoms with van der Waals surface area (Å²) in [6.07, 6.45) is 70.0. The van der Waals surface area contributed by atoms with E-state index in [1.165, 1.54) is 225 Å². The van der Waals surface area contributed by atoms with E-state index in [0.29, 0.717) is 19.3 Å². The summed E-state index contributed by atoms with van der Waals surface area (Å²) in [5.41, 5.74) is 0. The van der Waals surface area contributed by atoms with E-state index in [2.05, 4.69) is 57.2 Å². The van der Waals surface area contributed by atoms with E-state index in [1.807, 2.05) is 0 Å². The fourth-order valence-electron chi connectivity index (χ4n) is 8.96. The number of carbonyl (C=O) groups excluding carboxylic acids is 3. The summed E-state index contributed by atoms with van der Waals surface area (Å²) in [4.78, 5) is 38.2. The van der Waals surface area contributed by atoms with Crippen LogP contribution in [0.4, 0.5) is 0 Å². The van der Waals surface area contributed by atoms with Gasteiger partial charge in [-0.3, -0.25) is 14.4 Å². The van der Waals surface area contributed by atoms with Gasteiger partial charge in [0.05, 0.1) is 0 Å². The average Bonchev–Trinajstić information content (AvgIpc) is 3.35. The van der Waals surface area contributed by atoms with Crippen molar-refractivity contribution in [3.63, 3.8) is 0 Å². The van der Waals surface area contributed by atoms with E-state index in [0.717, 1.165) is 64.2 Å². The van der Waals surface area contributed by atoms with Crippen LogP contribution in [0.3, 0.4) is 0 Å². The molecule has 0 aromatic carbocycles. The molecule has 0 bridgehead atoms. The molecule has 6 nitrogen and oxygen atoms in total. The second-order valence-electron chi connectivity index (χ2n) is 20.6. The minimum Gasteiger partial charge on any atom is -0.462 e. The summed E-state index contributed by atoms with van der Waals surface area (Å²) in [6, 6.07) is 0. The Kier molecular flexibility index (Phi) is 56.2. The van der Waals surface area contributed by atoms with Gasteiger partial charge in [-0.2, -0.15) is 0 Å². The number of ether oxygens (including phenoxy) is 3. The molecule has 0 heterocycles. The maximum Gasteiger partial charge on any atom is 0.306 e. The highest BCUT2D eigenvalue weighted by Crippen LogP contribution is 2.16. The lowest BCUT2D eigenvalue weighted by atomic mass is 10.1. The van der Waals surface area contributed by atoms with E-state index >= 15 is 0 Å². The molecule has 0 unspecified atom stereocenters. The second-order valence-corrected chi connectivity index (χ2v) is 20.6. The summed E-state index contributed by atoms with van der Waals surface area (Å²) < 4.78 is 16.9. The van der Waals surface area contributed by atoms with Gasteiger partial charge < -0.3 is 14.2 Å². The molecule has 404 valence electrons. The van der Waals surface area contributed by atoms with Gasteiger partial charge in [0.1, 0.15) is 13.2 Å². The number of hydrogen-bond acceptors (Lipinski definition) is 6. The van der Waals surface area contributed by atoms with Crippen molar-refractivity contribution in [3.8, 4) is 0 Å². The van der Waals surface area contributed by atoms with Crippen LogP contribution in [0.25, 0.3) is 0 Å². The van der Waals surface area contributed by atoms with Crippen molar-refractivity contribution < 1.29 is 28.6 Å². The first-order chi connectivity index (χ1) is 34.0. The van der Waals surface area contributed by atoms with Crippen molar-refractivity contribution in [2.75, 3.05) is 13.2 Å². The van der Waals surface area contributed by atoms with Gasteiger partial charge in [0.2, 0.25) is 0 Å². The van der Waals surface area contributed by atoms with E-state index in [-0.39, 0.29) is 31.1 Å². The fraction of sp³-hybridized carbons (Fsp3) is 0.857. The molecule has 0 aliphatic rings. The molecule has 0 rings (SSSR count). The number of hydrogen-bond donors (Lipinski definition) is 0. The normalized spacial score (nSPS) is 11.8. The van der Waals surface area contributed by atoms with Crippen LogP contribution in [0.5, 0.6) is 0 Å². The minimum absolute atomic E-state index is 0.0746. The Balaban J connectivity index is 4.31. The number of allylic oxidation sites excluding steroid dienone is 6. The molecule has 6 heteroatoms. The van der Waals surface area contributed by atoms with E-state index in [9.17, 15) is 14.4 Å². The maximum absolute atomic E-state index is 12.8. The monoisotopic (exact) mass is 969 g/mol. The Bertz CT molecular complexity index is 1090. The molecule has 0 N–H and O–H groups in total. The van der Waals surface area contributed by atoms with E-state index in [4.69, 9.17) is 14.2 Å². The van der Waals surface area contributed by atoms with Crippen molar-refractivity contribution >= 4 is 17.9 Å². The van der Waals surface area contributed by atoms with Crippen molar-refractivity contribution in [1.82, 2.24) is 0 Å². The van der Waals surface area contributed by atoms with Crippen LogP contribution in [0, 0.1) is 0 Å². The van der Waals surface area contributed by atoms with E-state index in [1.54, 1.807) is 0 Å². The van der Waals surface area contributed by atoms with Crippen LogP contribution in [0.1, 0.15) is 329 Å². The highest BCUT2D eigenvalue weighted by atomic mass is 16.6. The number of unbranched alkanes of at least 4 members (excludes halogenated alkanes) is 39. The first-order valence-corrected chi connectivity index (χ1v) is 30.5. The summed E-state index contributed by atoms with van der Waals surface area (Å²) in [5, 5.41) is 0. The fourth-order valence-corrected chi connectivity index (χ4v) is 8.96. The molecule has 69 heavy (non-hydrogen) atoms. The van der Waals surface area contributed by atoms with Crippen LogP contribution < -0.4 is 0 Å². The third-order valence-electron chi connectivity index (χ3n) is 13.6. The molecule has 0 atom stereocenters. The smallest absolute Gasteiger partial charge is 0.306 e. The topological polar surface area (TPSA) is 78.9 Å². The molecule has 0 spiro atoms. The van der Waals surface area contributed by atoms with Crippen LogP contribution in [-0.2, 0) is 28.6 Å². The minimum atomic E-state index is -0.776. The van der Waals surface area contributed by atoms with Gasteiger partial charge >= 0.3 is 17.9 Å². The molecule has 0 saturated carbocycles. The zero-order valence-electron chi connectivity index (χ0n) is 46.3. The third-order valence-corrected chi connectivity index (χ3v) is 13.6. The largest absolute Gasteiger partial charge is 0.462 e. The zero-order chi connectivity index (χ0) is 50.0. The SMILES string of the molecule is CCCCCC/C=C\CCCCCCCC(=O)OC(COC(=O)CCCCCCCCCCC/C=C\CCCCCCCC)COC(=O)CCCCCCCCCCC/C=C\CCCCCCCC. The average molecular weight is 970 g/mol. The summed E-state index contributed by atoms with van der Waals surface area (Å²) in [5.74, 6) is -0.869. The lowest BCUT2D eigenvalue weighted by Crippen LogP contribution is -2.30. The molecule has 0 aromatic heterocycles. The Labute approximate surface area is 429 Å². The molecule has 0 amide bonds. The van der Waals surface area contributed by atoms with Gasteiger partial charge in [-0.25, -0.2) is 0 Å². The lowest BCUT2D eigenvalue weighted by Gasteiger charge is -2.18. The van der Waals surface area contributed by atoms with Crippen molar-refractivity contribution in [2.45, 2.75) is 335 Å². The molecular formula is C63H116O6. The number of rotatable bonds is 56. The first kappa shape index (κ1) is 66.6. The molecule has 0 fully saturated rings. The van der Waals surface area contributed by atoms with Crippen molar-refractivity contribution in [3.05, 3.63) is 36.5 Å². The highest BCUT2D eigenvalue weighted by molar-refractivity contribution is 5.71. The predicted molar refractivity (Wildman–Crippen MR) is 298 cm³/mol. The molecule has 0 radical (unpaired) electrons. The number of esters is 3. The summed E-state index contributed by atoms with van der Waals surface area (Å²) >= 11 is 0. The maximum atomic E-state index is 12.8. The van der Waals surface area contributed by atoms with Crippen LogP contribution in [-0.4, -0.2) is 37.2 Å². The molecule has 0 saturated heterocycles. The van der Waals surface area contributed by atoms with Crippen LogP contribution in [0.15, 0.2) is 36.5 Å².